The van der Waals surface area contributed by atoms with Crippen LogP contribution in [-0.4, -0.2) is 69.4 Å². The van der Waals surface area contributed by atoms with Gasteiger partial charge in [0.2, 0.25) is 0 Å². The Balaban J connectivity index is 1.99. The van der Waals surface area contributed by atoms with Crippen LogP contribution >= 0.6 is 0 Å². The van der Waals surface area contributed by atoms with E-state index in [4.69, 9.17) is 9.47 Å². The van der Waals surface area contributed by atoms with Crippen molar-refractivity contribution in [2.45, 2.75) is 18.6 Å². The zero-order valence-electron chi connectivity index (χ0n) is 15.2. The van der Waals surface area contributed by atoms with Crippen molar-refractivity contribution >= 4 is 22.5 Å². The highest BCUT2D eigenvalue weighted by Gasteiger charge is 2.36. The molecule has 1 fully saturated rings. The van der Waals surface area contributed by atoms with E-state index in [-0.39, 0.29) is 18.1 Å². The normalized spacial score (nSPS) is 20.2. The van der Waals surface area contributed by atoms with Crippen molar-refractivity contribution in [2.24, 2.45) is 0 Å². The standard InChI is InChI=1S/C19H25N3O3/c1-21(2)18-10-17(20-16-8-6-5-7-15(16)18)19(23)22-11-14(25-4)9-13(22)12-24-3/h5-8,10,13-14H,9,11-12H2,1-4H3/t13-,14+/m0/s1. The number of carbonyl (C=O) groups is 1. The molecule has 0 radical (unpaired) electrons. The van der Waals surface area contributed by atoms with Gasteiger partial charge in [0, 0.05) is 45.9 Å². The van der Waals surface area contributed by atoms with Crippen molar-refractivity contribution in [3.05, 3.63) is 36.0 Å². The van der Waals surface area contributed by atoms with Crippen molar-refractivity contribution in [2.75, 3.05) is 46.4 Å². The number of ether oxygens (including phenoxy) is 2. The first kappa shape index (κ1) is 17.6. The molecular weight excluding hydrogens is 318 g/mol. The monoisotopic (exact) mass is 343 g/mol. The van der Waals surface area contributed by atoms with Crippen LogP contribution in [0.1, 0.15) is 16.9 Å². The van der Waals surface area contributed by atoms with Crippen LogP contribution in [0.2, 0.25) is 0 Å². The van der Waals surface area contributed by atoms with E-state index in [9.17, 15) is 4.79 Å². The molecule has 25 heavy (non-hydrogen) atoms. The molecule has 0 N–H and O–H groups in total. The Labute approximate surface area is 148 Å². The predicted octanol–water partition coefficient (Wildman–Crippen LogP) is 2.18. The van der Waals surface area contributed by atoms with E-state index >= 15 is 0 Å². The summed E-state index contributed by atoms with van der Waals surface area (Å²) in [6.07, 6.45) is 0.822. The van der Waals surface area contributed by atoms with Gasteiger partial charge in [-0.2, -0.15) is 0 Å². The summed E-state index contributed by atoms with van der Waals surface area (Å²) in [6, 6.07) is 9.77. The minimum atomic E-state index is -0.0737. The lowest BCUT2D eigenvalue weighted by molar-refractivity contribution is 0.0607. The Kier molecular flexibility index (Phi) is 5.20. The first-order chi connectivity index (χ1) is 12.0. The SMILES string of the molecule is COC[C@@H]1C[C@@H](OC)CN1C(=O)c1cc(N(C)C)c2ccccc2n1. The first-order valence-corrected chi connectivity index (χ1v) is 8.45. The molecule has 3 rings (SSSR count). The van der Waals surface area contributed by atoms with E-state index in [1.807, 2.05) is 54.2 Å². The maximum absolute atomic E-state index is 13.1. The van der Waals surface area contributed by atoms with Crippen molar-refractivity contribution in [1.82, 2.24) is 9.88 Å². The molecule has 1 aliphatic rings. The van der Waals surface area contributed by atoms with E-state index in [0.717, 1.165) is 23.0 Å². The molecular formula is C19H25N3O3. The van der Waals surface area contributed by atoms with Crippen molar-refractivity contribution in [3.63, 3.8) is 0 Å². The summed E-state index contributed by atoms with van der Waals surface area (Å²) in [6.45, 7) is 1.06. The minimum Gasteiger partial charge on any atom is -0.383 e. The second kappa shape index (κ2) is 7.37. The van der Waals surface area contributed by atoms with Crippen LogP contribution in [0.3, 0.4) is 0 Å². The van der Waals surface area contributed by atoms with Gasteiger partial charge in [-0.05, 0) is 18.6 Å². The first-order valence-electron chi connectivity index (χ1n) is 8.45. The number of methoxy groups -OCH3 is 2. The lowest BCUT2D eigenvalue weighted by Gasteiger charge is -2.24. The maximum atomic E-state index is 13.1. The van der Waals surface area contributed by atoms with Crippen LogP contribution in [-0.2, 0) is 9.47 Å². The van der Waals surface area contributed by atoms with Gasteiger partial charge in [-0.15, -0.1) is 0 Å². The lowest BCUT2D eigenvalue weighted by Crippen LogP contribution is -2.39. The van der Waals surface area contributed by atoms with Crippen LogP contribution in [0.25, 0.3) is 10.9 Å². The number of pyridine rings is 1. The number of amides is 1. The smallest absolute Gasteiger partial charge is 0.272 e. The summed E-state index contributed by atoms with van der Waals surface area (Å²) in [5.41, 5.74) is 2.27. The third kappa shape index (κ3) is 3.45. The lowest BCUT2D eigenvalue weighted by atomic mass is 10.1. The van der Waals surface area contributed by atoms with E-state index in [1.54, 1.807) is 14.2 Å². The molecule has 0 saturated carbocycles. The second-order valence-corrected chi connectivity index (χ2v) is 6.60. The summed E-state index contributed by atoms with van der Waals surface area (Å²) in [7, 11) is 7.28. The maximum Gasteiger partial charge on any atom is 0.272 e. The van der Waals surface area contributed by atoms with Gasteiger partial charge in [-0.25, -0.2) is 4.98 Å². The Bertz CT molecular complexity index is 763. The highest BCUT2D eigenvalue weighted by atomic mass is 16.5. The average Bonchev–Trinajstić information content (AvgIpc) is 3.03. The molecule has 1 aromatic heterocycles. The number of likely N-dealkylation sites (tertiary alicyclic amines) is 1. The second-order valence-electron chi connectivity index (χ2n) is 6.60. The number of anilines is 1. The molecule has 2 aromatic rings. The van der Waals surface area contributed by atoms with Crippen LogP contribution in [0.15, 0.2) is 30.3 Å². The zero-order valence-corrected chi connectivity index (χ0v) is 15.2. The number of nitrogens with zero attached hydrogens (tertiary/aromatic N) is 3. The number of hydrogen-bond acceptors (Lipinski definition) is 5. The fourth-order valence-corrected chi connectivity index (χ4v) is 3.43. The molecule has 1 saturated heterocycles. The molecule has 2 heterocycles. The van der Waals surface area contributed by atoms with Crippen LogP contribution in [0, 0.1) is 0 Å². The molecule has 0 spiro atoms. The van der Waals surface area contributed by atoms with Gasteiger partial charge < -0.3 is 19.3 Å². The summed E-state index contributed by atoms with van der Waals surface area (Å²) < 4.78 is 10.7. The molecule has 0 bridgehead atoms. The summed E-state index contributed by atoms with van der Waals surface area (Å²) >= 11 is 0. The van der Waals surface area contributed by atoms with Crippen molar-refractivity contribution in [1.29, 1.82) is 0 Å². The highest BCUT2D eigenvalue weighted by molar-refractivity contribution is 6.00. The molecule has 1 amide bonds. The molecule has 1 aromatic carbocycles. The largest absolute Gasteiger partial charge is 0.383 e. The fourth-order valence-electron chi connectivity index (χ4n) is 3.43. The molecule has 2 atom stereocenters. The molecule has 0 aliphatic carbocycles. The number of hydrogen-bond donors (Lipinski definition) is 0. The van der Waals surface area contributed by atoms with Crippen LogP contribution in [0.4, 0.5) is 5.69 Å². The van der Waals surface area contributed by atoms with Gasteiger partial charge in [-0.3, -0.25) is 4.79 Å². The topological polar surface area (TPSA) is 54.9 Å². The molecule has 0 unspecified atom stereocenters. The number of aromatic nitrogens is 1. The average molecular weight is 343 g/mol. The van der Waals surface area contributed by atoms with Crippen LogP contribution < -0.4 is 4.90 Å². The third-order valence-corrected chi connectivity index (χ3v) is 4.72. The highest BCUT2D eigenvalue weighted by Crippen LogP contribution is 2.28. The van der Waals surface area contributed by atoms with Crippen molar-refractivity contribution < 1.29 is 14.3 Å². The fraction of sp³-hybridized carbons (Fsp3) is 0.474. The van der Waals surface area contributed by atoms with Gasteiger partial charge in [0.1, 0.15) is 5.69 Å². The molecule has 134 valence electrons. The van der Waals surface area contributed by atoms with Gasteiger partial charge in [0.05, 0.1) is 24.3 Å². The Morgan fingerprint density at radius 2 is 2.08 bits per heavy atom. The molecule has 6 heteroatoms. The number of fused-ring (bicyclic) bond motifs is 1. The van der Waals surface area contributed by atoms with E-state index in [2.05, 4.69) is 4.98 Å². The number of carbonyl (C=O) groups excluding carboxylic acids is 1. The van der Waals surface area contributed by atoms with Gasteiger partial charge >= 0.3 is 0 Å². The Hall–Kier alpha value is -2.18. The summed E-state index contributed by atoms with van der Waals surface area (Å²) in [5.74, 6) is -0.0737. The zero-order chi connectivity index (χ0) is 18.0. The number of rotatable bonds is 5. The summed E-state index contributed by atoms with van der Waals surface area (Å²) in [5, 5.41) is 1.04. The third-order valence-electron chi connectivity index (χ3n) is 4.72. The van der Waals surface area contributed by atoms with E-state index in [1.165, 1.54) is 0 Å². The summed E-state index contributed by atoms with van der Waals surface area (Å²) in [4.78, 5) is 21.6. The Morgan fingerprint density at radius 1 is 1.32 bits per heavy atom. The van der Waals surface area contributed by atoms with E-state index in [0.29, 0.717) is 18.8 Å². The predicted molar refractivity (Wildman–Crippen MR) is 98.2 cm³/mol. The van der Waals surface area contributed by atoms with Crippen molar-refractivity contribution in [3.8, 4) is 0 Å². The van der Waals surface area contributed by atoms with Gasteiger partial charge in [-0.1, -0.05) is 18.2 Å². The van der Waals surface area contributed by atoms with Gasteiger partial charge in [0.25, 0.3) is 5.91 Å². The number of para-hydroxylation sites is 1. The van der Waals surface area contributed by atoms with Gasteiger partial charge in [0.15, 0.2) is 0 Å². The quantitative estimate of drug-likeness (QED) is 0.833. The minimum absolute atomic E-state index is 0.0125. The van der Waals surface area contributed by atoms with Crippen LogP contribution in [0.5, 0.6) is 0 Å². The van der Waals surface area contributed by atoms with E-state index < -0.39 is 0 Å². The number of benzene rings is 1. The molecule has 6 nitrogen and oxygen atoms in total. The Morgan fingerprint density at radius 3 is 2.76 bits per heavy atom. The molecule has 1 aliphatic heterocycles.